The number of barbiturate groups is 1. The maximum Gasteiger partial charge on any atom is 0.335 e. The van der Waals surface area contributed by atoms with E-state index in [1.165, 1.54) is 31.4 Å². The Hall–Kier alpha value is -3.81. The molecule has 0 spiro atoms. The predicted octanol–water partition coefficient (Wildman–Crippen LogP) is 5.86. The molecule has 4 rings (SSSR count). The topological polar surface area (TPSA) is 84.9 Å². The summed E-state index contributed by atoms with van der Waals surface area (Å²) in [6.45, 7) is 4.40. The average molecular weight is 525 g/mol. The average Bonchev–Trinajstić information content (AvgIpc) is 2.82. The van der Waals surface area contributed by atoms with Crippen LogP contribution in [-0.4, -0.2) is 25.0 Å². The van der Waals surface area contributed by atoms with Gasteiger partial charge in [-0.05, 0) is 61.4 Å². The number of hydrogen-bond acceptors (Lipinski definition) is 5. The Morgan fingerprint density at radius 1 is 0.889 bits per heavy atom. The Bertz CT molecular complexity index is 1400. The molecule has 1 aliphatic rings. The number of benzene rings is 3. The van der Waals surface area contributed by atoms with Crippen LogP contribution >= 0.6 is 23.2 Å². The van der Waals surface area contributed by atoms with Crippen LogP contribution in [0.25, 0.3) is 6.08 Å². The molecule has 36 heavy (non-hydrogen) atoms. The van der Waals surface area contributed by atoms with Crippen molar-refractivity contribution in [2.24, 2.45) is 0 Å². The first-order chi connectivity index (χ1) is 17.2. The van der Waals surface area contributed by atoms with Crippen LogP contribution < -0.4 is 19.7 Å². The van der Waals surface area contributed by atoms with E-state index in [0.717, 1.165) is 21.6 Å². The van der Waals surface area contributed by atoms with E-state index in [-0.39, 0.29) is 21.3 Å². The van der Waals surface area contributed by atoms with Crippen molar-refractivity contribution >= 4 is 52.8 Å². The van der Waals surface area contributed by atoms with Crippen LogP contribution in [0.5, 0.6) is 11.5 Å². The number of carbonyl (C=O) groups is 3. The molecule has 1 fully saturated rings. The van der Waals surface area contributed by atoms with Gasteiger partial charge in [0, 0.05) is 0 Å². The normalized spacial score (nSPS) is 14.8. The van der Waals surface area contributed by atoms with E-state index in [4.69, 9.17) is 32.7 Å². The zero-order valence-corrected chi connectivity index (χ0v) is 21.2. The summed E-state index contributed by atoms with van der Waals surface area (Å²) in [5.41, 5.74) is 3.77. The van der Waals surface area contributed by atoms with Gasteiger partial charge in [-0.25, -0.2) is 9.69 Å². The van der Waals surface area contributed by atoms with Gasteiger partial charge in [0.2, 0.25) is 0 Å². The van der Waals surface area contributed by atoms with Crippen LogP contribution in [0.15, 0.2) is 60.2 Å². The van der Waals surface area contributed by atoms with Crippen LogP contribution in [0, 0.1) is 13.8 Å². The predicted molar refractivity (Wildman–Crippen MR) is 139 cm³/mol. The van der Waals surface area contributed by atoms with Gasteiger partial charge < -0.3 is 9.47 Å². The van der Waals surface area contributed by atoms with Crippen molar-refractivity contribution in [3.63, 3.8) is 0 Å². The van der Waals surface area contributed by atoms with E-state index < -0.39 is 17.8 Å². The maximum absolute atomic E-state index is 13.1. The number of anilines is 1. The first kappa shape index (κ1) is 25.3. The number of carbonyl (C=O) groups excluding carboxylic acids is 3. The molecule has 1 saturated heterocycles. The Morgan fingerprint density at radius 3 is 2.28 bits per heavy atom. The molecule has 0 radical (unpaired) electrons. The highest BCUT2D eigenvalue weighted by atomic mass is 35.5. The molecule has 4 amide bonds. The lowest BCUT2D eigenvalue weighted by Crippen LogP contribution is -2.54. The van der Waals surface area contributed by atoms with Crippen molar-refractivity contribution in [3.8, 4) is 11.5 Å². The summed E-state index contributed by atoms with van der Waals surface area (Å²) in [5, 5.41) is 2.61. The lowest BCUT2D eigenvalue weighted by molar-refractivity contribution is -0.122. The summed E-state index contributed by atoms with van der Waals surface area (Å²) in [5.74, 6) is -0.674. The molecule has 0 bridgehead atoms. The second kappa shape index (κ2) is 10.4. The zero-order valence-electron chi connectivity index (χ0n) is 19.7. The van der Waals surface area contributed by atoms with Crippen molar-refractivity contribution < 1.29 is 23.9 Å². The number of amides is 4. The summed E-state index contributed by atoms with van der Waals surface area (Å²) < 4.78 is 11.4. The minimum absolute atomic E-state index is 0.165. The molecule has 3 aromatic rings. The van der Waals surface area contributed by atoms with Crippen LogP contribution in [0.2, 0.25) is 10.0 Å². The number of urea groups is 1. The van der Waals surface area contributed by atoms with Crippen molar-refractivity contribution in [3.05, 3.63) is 92.5 Å². The number of nitrogens with zero attached hydrogens (tertiary/aromatic N) is 1. The molecule has 0 aliphatic carbocycles. The summed E-state index contributed by atoms with van der Waals surface area (Å²) >= 11 is 12.0. The molecule has 1 N–H and O–H groups in total. The molecule has 1 heterocycles. The summed E-state index contributed by atoms with van der Waals surface area (Å²) in [7, 11) is 1.50. The largest absolute Gasteiger partial charge is 0.493 e. The zero-order chi connectivity index (χ0) is 26.0. The van der Waals surface area contributed by atoms with Crippen LogP contribution in [0.3, 0.4) is 0 Å². The molecule has 7 nitrogen and oxygen atoms in total. The number of methoxy groups -OCH3 is 1. The number of ether oxygens (including phenoxy) is 2. The van der Waals surface area contributed by atoms with E-state index in [1.807, 2.05) is 26.0 Å². The number of rotatable bonds is 6. The molecule has 0 unspecified atom stereocenters. The van der Waals surface area contributed by atoms with Crippen molar-refractivity contribution in [2.75, 3.05) is 12.0 Å². The van der Waals surface area contributed by atoms with Gasteiger partial charge in [-0.15, -0.1) is 0 Å². The second-order valence-corrected chi connectivity index (χ2v) is 9.07. The molecule has 0 atom stereocenters. The van der Waals surface area contributed by atoms with E-state index in [0.29, 0.717) is 23.7 Å². The van der Waals surface area contributed by atoms with Gasteiger partial charge in [-0.3, -0.25) is 14.9 Å². The third kappa shape index (κ3) is 5.37. The van der Waals surface area contributed by atoms with Crippen LogP contribution in [0.1, 0.15) is 22.3 Å². The molecule has 0 saturated carbocycles. The van der Waals surface area contributed by atoms with E-state index in [1.54, 1.807) is 18.2 Å². The quantitative estimate of drug-likeness (QED) is 0.322. The molecule has 1 aliphatic heterocycles. The first-order valence-electron chi connectivity index (χ1n) is 10.9. The van der Waals surface area contributed by atoms with Crippen molar-refractivity contribution in [1.29, 1.82) is 0 Å². The second-order valence-electron chi connectivity index (χ2n) is 8.25. The van der Waals surface area contributed by atoms with Gasteiger partial charge in [0.25, 0.3) is 11.8 Å². The van der Waals surface area contributed by atoms with E-state index in [9.17, 15) is 14.4 Å². The van der Waals surface area contributed by atoms with Gasteiger partial charge in [0.1, 0.15) is 12.2 Å². The van der Waals surface area contributed by atoms with Gasteiger partial charge in [0.05, 0.1) is 22.8 Å². The van der Waals surface area contributed by atoms with Crippen LogP contribution in [-0.2, 0) is 16.2 Å². The Morgan fingerprint density at radius 2 is 1.61 bits per heavy atom. The van der Waals surface area contributed by atoms with Gasteiger partial charge >= 0.3 is 6.03 Å². The minimum atomic E-state index is -0.881. The SMILES string of the molecule is COc1cc(/C=C2\C(=O)NC(=O)N(c3ccc(Cl)c(Cl)c3)C2=O)ccc1OCc1cc(C)cc(C)c1. The third-order valence-corrected chi connectivity index (χ3v) is 6.18. The fourth-order valence-electron chi connectivity index (χ4n) is 3.89. The summed E-state index contributed by atoms with van der Waals surface area (Å²) in [6, 6.07) is 14.6. The van der Waals surface area contributed by atoms with Gasteiger partial charge in [0.15, 0.2) is 11.5 Å². The number of halogens is 2. The standard InChI is InChI=1S/C27H22Cl2N2O5/c1-15-8-16(2)10-18(9-15)14-36-23-7-4-17(12-24(23)35-3)11-20-25(32)30-27(34)31(26(20)33)19-5-6-21(28)22(29)13-19/h4-13H,14H2,1-3H3,(H,30,32,34)/b20-11+. The fourth-order valence-corrected chi connectivity index (χ4v) is 4.18. The minimum Gasteiger partial charge on any atom is -0.493 e. The van der Waals surface area contributed by atoms with Crippen molar-refractivity contribution in [1.82, 2.24) is 5.32 Å². The Kier molecular flexibility index (Phi) is 7.33. The molecule has 184 valence electrons. The number of aryl methyl sites for hydroxylation is 2. The van der Waals surface area contributed by atoms with Gasteiger partial charge in [-0.2, -0.15) is 0 Å². The van der Waals surface area contributed by atoms with Gasteiger partial charge in [-0.1, -0.05) is 58.6 Å². The first-order valence-corrected chi connectivity index (χ1v) is 11.7. The summed E-state index contributed by atoms with van der Waals surface area (Å²) in [6.07, 6.45) is 1.38. The molecular formula is C27H22Cl2N2O5. The Labute approximate surface area is 218 Å². The third-order valence-electron chi connectivity index (χ3n) is 5.44. The smallest absolute Gasteiger partial charge is 0.335 e. The fraction of sp³-hybridized carbons (Fsp3) is 0.148. The monoisotopic (exact) mass is 524 g/mol. The number of imide groups is 2. The van der Waals surface area contributed by atoms with E-state index in [2.05, 4.69) is 11.4 Å². The molecule has 9 heteroatoms. The van der Waals surface area contributed by atoms with E-state index >= 15 is 0 Å². The van der Waals surface area contributed by atoms with Crippen molar-refractivity contribution in [2.45, 2.75) is 20.5 Å². The lowest BCUT2D eigenvalue weighted by atomic mass is 10.1. The molecular weight excluding hydrogens is 503 g/mol. The number of hydrogen-bond donors (Lipinski definition) is 1. The highest BCUT2D eigenvalue weighted by molar-refractivity contribution is 6.43. The highest BCUT2D eigenvalue weighted by Gasteiger charge is 2.37. The van der Waals surface area contributed by atoms with Crippen LogP contribution in [0.4, 0.5) is 10.5 Å². The highest BCUT2D eigenvalue weighted by Crippen LogP contribution is 2.32. The molecule has 0 aromatic heterocycles. The lowest BCUT2D eigenvalue weighted by Gasteiger charge is -2.26. The molecule has 3 aromatic carbocycles. The number of nitrogens with one attached hydrogen (secondary N) is 1. The summed E-state index contributed by atoms with van der Waals surface area (Å²) in [4.78, 5) is 38.9. The Balaban J connectivity index is 1.60. The maximum atomic E-state index is 13.1.